The molecule has 3 N–H and O–H groups in total. The molecule has 1 heterocycles. The summed E-state index contributed by atoms with van der Waals surface area (Å²) in [5.74, 6) is -0.0430. The predicted octanol–water partition coefficient (Wildman–Crippen LogP) is 2.31. The highest BCUT2D eigenvalue weighted by Crippen LogP contribution is 2.16. The Morgan fingerprint density at radius 1 is 1.32 bits per heavy atom. The Morgan fingerprint density at radius 3 is 2.58 bits per heavy atom. The summed E-state index contributed by atoms with van der Waals surface area (Å²) < 4.78 is 0. The number of thiazole rings is 1. The minimum absolute atomic E-state index is 0.0430. The highest BCUT2D eigenvalue weighted by molar-refractivity contribution is 7.13. The van der Waals surface area contributed by atoms with Gasteiger partial charge >= 0.3 is 0 Å². The van der Waals surface area contributed by atoms with E-state index in [2.05, 4.69) is 10.3 Å². The summed E-state index contributed by atoms with van der Waals surface area (Å²) in [4.78, 5) is 16.9. The number of aryl methyl sites for hydroxylation is 2. The van der Waals surface area contributed by atoms with E-state index in [9.17, 15) is 4.79 Å². The fourth-order valence-corrected chi connectivity index (χ4v) is 2.66. The van der Waals surface area contributed by atoms with Crippen molar-refractivity contribution < 1.29 is 4.79 Å². The first-order chi connectivity index (χ1) is 9.06. The Bertz CT molecular complexity index is 575. The molecule has 0 unspecified atom stereocenters. The van der Waals surface area contributed by atoms with Crippen molar-refractivity contribution in [2.24, 2.45) is 0 Å². The van der Waals surface area contributed by atoms with Gasteiger partial charge in [-0.15, -0.1) is 11.3 Å². The van der Waals surface area contributed by atoms with Crippen LogP contribution >= 0.6 is 11.3 Å². The molecule has 0 saturated carbocycles. The fourth-order valence-electron chi connectivity index (χ4n) is 1.83. The quantitative estimate of drug-likeness (QED) is 0.841. The van der Waals surface area contributed by atoms with Crippen LogP contribution in [0.4, 0.5) is 5.69 Å². The van der Waals surface area contributed by atoms with Crippen LogP contribution in [0.1, 0.15) is 25.9 Å². The van der Waals surface area contributed by atoms with Crippen LogP contribution in [0, 0.1) is 13.8 Å². The van der Waals surface area contributed by atoms with Crippen molar-refractivity contribution in [3.63, 3.8) is 0 Å². The molecule has 0 bridgehead atoms. The molecular formula is C14H17N3OS. The molecule has 5 heteroatoms. The third kappa shape index (κ3) is 3.54. The van der Waals surface area contributed by atoms with Crippen LogP contribution in [0.15, 0.2) is 24.3 Å². The van der Waals surface area contributed by atoms with Gasteiger partial charge in [0, 0.05) is 12.2 Å². The van der Waals surface area contributed by atoms with Crippen LogP contribution in [-0.4, -0.2) is 17.4 Å². The minimum atomic E-state index is -0.0430. The fraction of sp³-hybridized carbons (Fsp3) is 0.286. The van der Waals surface area contributed by atoms with E-state index in [0.29, 0.717) is 11.4 Å². The summed E-state index contributed by atoms with van der Waals surface area (Å²) >= 11 is 1.43. The first-order valence-electron chi connectivity index (χ1n) is 6.13. The number of carbonyl (C=O) groups is 1. The van der Waals surface area contributed by atoms with Gasteiger partial charge in [-0.25, -0.2) is 4.98 Å². The highest BCUT2D eigenvalue weighted by atomic mass is 32.1. The number of nitrogens with zero attached hydrogens (tertiary/aromatic N) is 1. The van der Waals surface area contributed by atoms with E-state index in [1.807, 2.05) is 38.1 Å². The van der Waals surface area contributed by atoms with Gasteiger partial charge < -0.3 is 11.1 Å². The van der Waals surface area contributed by atoms with Crippen molar-refractivity contribution in [3.05, 3.63) is 45.4 Å². The summed E-state index contributed by atoms with van der Waals surface area (Å²) in [5.41, 5.74) is 8.33. The number of nitrogens with two attached hydrogens (primary N) is 1. The molecule has 4 nitrogen and oxygen atoms in total. The largest absolute Gasteiger partial charge is 0.399 e. The first-order valence-corrected chi connectivity index (χ1v) is 6.94. The third-order valence-electron chi connectivity index (χ3n) is 2.79. The molecule has 1 amide bonds. The lowest BCUT2D eigenvalue weighted by Crippen LogP contribution is -2.25. The molecule has 100 valence electrons. The predicted molar refractivity (Wildman–Crippen MR) is 78.5 cm³/mol. The molecule has 0 aliphatic rings. The molecule has 0 radical (unpaired) electrons. The second-order valence-electron chi connectivity index (χ2n) is 4.39. The number of amides is 1. The maximum absolute atomic E-state index is 12.0. The average molecular weight is 275 g/mol. The molecule has 1 aromatic heterocycles. The van der Waals surface area contributed by atoms with Gasteiger partial charge in [0.1, 0.15) is 4.88 Å². The number of anilines is 1. The minimum Gasteiger partial charge on any atom is -0.399 e. The lowest BCUT2D eigenvalue weighted by atomic mass is 10.1. The van der Waals surface area contributed by atoms with Gasteiger partial charge in [-0.2, -0.15) is 0 Å². The second-order valence-corrected chi connectivity index (χ2v) is 5.60. The second kappa shape index (κ2) is 5.84. The van der Waals surface area contributed by atoms with Gasteiger partial charge in [-0.3, -0.25) is 4.79 Å². The van der Waals surface area contributed by atoms with E-state index < -0.39 is 0 Å². The molecule has 0 aliphatic heterocycles. The number of rotatable bonds is 4. The van der Waals surface area contributed by atoms with Gasteiger partial charge in [0.2, 0.25) is 0 Å². The van der Waals surface area contributed by atoms with Gasteiger partial charge in [-0.05, 0) is 38.0 Å². The Morgan fingerprint density at radius 2 is 2.00 bits per heavy atom. The first kappa shape index (κ1) is 13.5. The van der Waals surface area contributed by atoms with Crippen LogP contribution in [0.5, 0.6) is 0 Å². The van der Waals surface area contributed by atoms with Gasteiger partial charge in [0.05, 0.1) is 10.7 Å². The standard InChI is InChI=1S/C14H17N3OS/c1-9-13(19-10(2)17-9)14(18)16-8-7-11-3-5-12(15)6-4-11/h3-6H,7-8,15H2,1-2H3,(H,16,18). The highest BCUT2D eigenvalue weighted by Gasteiger charge is 2.12. The molecule has 0 spiro atoms. The van der Waals surface area contributed by atoms with Crippen LogP contribution in [-0.2, 0) is 6.42 Å². The topological polar surface area (TPSA) is 68.0 Å². The maximum Gasteiger partial charge on any atom is 0.263 e. The molecular weight excluding hydrogens is 258 g/mol. The Balaban J connectivity index is 1.87. The molecule has 1 aromatic carbocycles. The van der Waals surface area contributed by atoms with E-state index in [1.165, 1.54) is 11.3 Å². The monoisotopic (exact) mass is 275 g/mol. The number of nitrogen functional groups attached to an aromatic ring is 1. The van der Waals surface area contributed by atoms with Crippen LogP contribution in [0.25, 0.3) is 0 Å². The summed E-state index contributed by atoms with van der Waals surface area (Å²) in [6, 6.07) is 7.69. The summed E-state index contributed by atoms with van der Waals surface area (Å²) in [5, 5.41) is 3.83. The van der Waals surface area contributed by atoms with E-state index >= 15 is 0 Å². The number of hydrogen-bond acceptors (Lipinski definition) is 4. The molecule has 0 fully saturated rings. The number of aromatic nitrogens is 1. The zero-order chi connectivity index (χ0) is 13.8. The summed E-state index contributed by atoms with van der Waals surface area (Å²) in [6.45, 7) is 4.38. The molecule has 2 rings (SSSR count). The van der Waals surface area contributed by atoms with Crippen molar-refractivity contribution >= 4 is 22.9 Å². The van der Waals surface area contributed by atoms with Crippen molar-refractivity contribution in [2.75, 3.05) is 12.3 Å². The normalized spacial score (nSPS) is 10.4. The number of carbonyl (C=O) groups excluding carboxylic acids is 1. The maximum atomic E-state index is 12.0. The van der Waals surface area contributed by atoms with Crippen LogP contribution < -0.4 is 11.1 Å². The van der Waals surface area contributed by atoms with Crippen molar-refractivity contribution in [2.45, 2.75) is 20.3 Å². The van der Waals surface area contributed by atoms with Crippen LogP contribution in [0.3, 0.4) is 0 Å². The number of nitrogens with one attached hydrogen (secondary N) is 1. The van der Waals surface area contributed by atoms with Crippen molar-refractivity contribution in [3.8, 4) is 0 Å². The molecule has 0 atom stereocenters. The number of hydrogen-bond donors (Lipinski definition) is 2. The smallest absolute Gasteiger partial charge is 0.263 e. The zero-order valence-corrected chi connectivity index (χ0v) is 11.9. The van der Waals surface area contributed by atoms with E-state index in [-0.39, 0.29) is 5.91 Å². The van der Waals surface area contributed by atoms with Crippen LogP contribution in [0.2, 0.25) is 0 Å². The summed E-state index contributed by atoms with van der Waals surface area (Å²) in [6.07, 6.45) is 0.794. The Hall–Kier alpha value is -1.88. The van der Waals surface area contributed by atoms with Gasteiger partial charge in [0.25, 0.3) is 5.91 Å². The van der Waals surface area contributed by atoms with E-state index in [0.717, 1.165) is 28.4 Å². The Kier molecular flexibility index (Phi) is 4.16. The van der Waals surface area contributed by atoms with Crippen molar-refractivity contribution in [1.82, 2.24) is 10.3 Å². The lowest BCUT2D eigenvalue weighted by molar-refractivity contribution is 0.0957. The molecule has 2 aromatic rings. The van der Waals surface area contributed by atoms with Gasteiger partial charge in [0.15, 0.2) is 0 Å². The zero-order valence-electron chi connectivity index (χ0n) is 11.1. The van der Waals surface area contributed by atoms with Gasteiger partial charge in [-0.1, -0.05) is 12.1 Å². The average Bonchev–Trinajstić information content (AvgIpc) is 2.71. The molecule has 0 aliphatic carbocycles. The molecule has 0 saturated heterocycles. The third-order valence-corrected chi connectivity index (χ3v) is 3.86. The SMILES string of the molecule is Cc1nc(C)c(C(=O)NCCc2ccc(N)cc2)s1. The summed E-state index contributed by atoms with van der Waals surface area (Å²) in [7, 11) is 0. The lowest BCUT2D eigenvalue weighted by Gasteiger charge is -2.04. The van der Waals surface area contributed by atoms with Crippen molar-refractivity contribution in [1.29, 1.82) is 0 Å². The van der Waals surface area contributed by atoms with E-state index in [4.69, 9.17) is 5.73 Å². The van der Waals surface area contributed by atoms with E-state index in [1.54, 1.807) is 0 Å². The Labute approximate surface area is 116 Å². The number of benzene rings is 1. The molecule has 19 heavy (non-hydrogen) atoms.